The van der Waals surface area contributed by atoms with Crippen LogP contribution in [0.15, 0.2) is 102 Å². The van der Waals surface area contributed by atoms with Crippen LogP contribution in [0.5, 0.6) is 5.88 Å². The fourth-order valence-corrected chi connectivity index (χ4v) is 5.11. The Bertz CT molecular complexity index is 1620. The van der Waals surface area contributed by atoms with Gasteiger partial charge in [0.25, 0.3) is 0 Å². The normalized spacial score (nSPS) is 13.6. The second-order valence-electron chi connectivity index (χ2n) is 10.3. The van der Waals surface area contributed by atoms with E-state index in [9.17, 15) is 9.90 Å². The topological polar surface area (TPSA) is 85.5 Å². The van der Waals surface area contributed by atoms with Gasteiger partial charge >= 0.3 is 5.97 Å². The van der Waals surface area contributed by atoms with Gasteiger partial charge in [-0.15, -0.1) is 0 Å². The minimum Gasteiger partial charge on any atom is -0.481 e. The number of nitrogens with zero attached hydrogens (tertiary/aromatic N) is 2. The van der Waals surface area contributed by atoms with Crippen LogP contribution in [0.3, 0.4) is 0 Å². The molecule has 200 valence electrons. The van der Waals surface area contributed by atoms with Crippen LogP contribution >= 0.6 is 0 Å². The molecule has 5 aromatic rings. The van der Waals surface area contributed by atoms with Gasteiger partial charge in [-0.05, 0) is 48.1 Å². The highest BCUT2D eigenvalue weighted by molar-refractivity contribution is 5.85. The second-order valence-corrected chi connectivity index (χ2v) is 10.3. The van der Waals surface area contributed by atoms with E-state index in [0.29, 0.717) is 31.7 Å². The third kappa shape index (κ3) is 5.25. The summed E-state index contributed by atoms with van der Waals surface area (Å²) in [5.41, 5.74) is 7.16. The molecule has 6 nitrogen and oxygen atoms in total. The standard InChI is InChI=1S/C34H30N2O4/c1-23-30(22-29-8-5-9-31(35-29)39-21-18-24-6-3-2-4-7-24)32(40-36-23)27-12-10-25(11-13-27)26-14-16-28(17-15-26)34(19-20-34)33(37)38/h2-17H,18-22H2,1H3,(H,37,38). The lowest BCUT2D eigenvalue weighted by molar-refractivity contribution is -0.140. The van der Waals surface area contributed by atoms with E-state index in [2.05, 4.69) is 29.4 Å². The molecule has 1 N–H and O–H groups in total. The van der Waals surface area contributed by atoms with E-state index in [4.69, 9.17) is 14.2 Å². The molecule has 2 heterocycles. The van der Waals surface area contributed by atoms with Crippen molar-refractivity contribution in [2.24, 2.45) is 0 Å². The van der Waals surface area contributed by atoms with E-state index in [1.165, 1.54) is 5.56 Å². The quantitative estimate of drug-likeness (QED) is 0.208. The van der Waals surface area contributed by atoms with Crippen LogP contribution in [-0.4, -0.2) is 27.8 Å². The van der Waals surface area contributed by atoms with Crippen LogP contribution in [0.1, 0.15) is 40.9 Å². The molecule has 6 heteroatoms. The second kappa shape index (κ2) is 10.8. The lowest BCUT2D eigenvalue weighted by Crippen LogP contribution is -2.19. The smallest absolute Gasteiger partial charge is 0.314 e. The summed E-state index contributed by atoms with van der Waals surface area (Å²) < 4.78 is 11.7. The Labute approximate surface area is 233 Å². The Balaban J connectivity index is 1.15. The molecule has 0 radical (unpaired) electrons. The van der Waals surface area contributed by atoms with Crippen LogP contribution < -0.4 is 4.74 Å². The summed E-state index contributed by atoms with van der Waals surface area (Å²) in [4.78, 5) is 16.4. The number of carboxylic acids is 1. The van der Waals surface area contributed by atoms with Crippen LogP contribution in [0, 0.1) is 6.92 Å². The maximum atomic E-state index is 11.6. The van der Waals surface area contributed by atoms with Gasteiger partial charge in [0.05, 0.1) is 17.7 Å². The predicted octanol–water partition coefficient (Wildman–Crippen LogP) is 7.04. The first kappa shape index (κ1) is 25.6. The van der Waals surface area contributed by atoms with Gasteiger partial charge in [0.15, 0.2) is 5.76 Å². The lowest BCUT2D eigenvalue weighted by Gasteiger charge is -2.11. The van der Waals surface area contributed by atoms with Crippen LogP contribution in [0.4, 0.5) is 0 Å². The maximum absolute atomic E-state index is 11.6. The number of pyridine rings is 1. The summed E-state index contributed by atoms with van der Waals surface area (Å²) >= 11 is 0. The molecule has 1 saturated carbocycles. The molecule has 6 rings (SSSR count). The molecule has 1 fully saturated rings. The molecule has 40 heavy (non-hydrogen) atoms. The van der Waals surface area contributed by atoms with Gasteiger partial charge in [0, 0.05) is 35.7 Å². The Morgan fingerprint density at radius 3 is 2.23 bits per heavy atom. The van der Waals surface area contributed by atoms with E-state index in [0.717, 1.165) is 51.4 Å². The molecule has 0 aliphatic heterocycles. The minimum absolute atomic E-state index is 0.563. The summed E-state index contributed by atoms with van der Waals surface area (Å²) in [6.45, 7) is 2.51. The maximum Gasteiger partial charge on any atom is 0.314 e. The molecular weight excluding hydrogens is 500 g/mol. The summed E-state index contributed by atoms with van der Waals surface area (Å²) in [7, 11) is 0. The van der Waals surface area contributed by atoms with Gasteiger partial charge in [0.1, 0.15) is 0 Å². The molecule has 0 saturated heterocycles. The summed E-state index contributed by atoms with van der Waals surface area (Å²) in [5, 5.41) is 13.8. The molecule has 0 unspecified atom stereocenters. The van der Waals surface area contributed by atoms with Crippen molar-refractivity contribution in [3.05, 3.63) is 125 Å². The molecule has 3 aromatic carbocycles. The molecule has 2 aromatic heterocycles. The third-order valence-electron chi connectivity index (χ3n) is 7.68. The zero-order chi connectivity index (χ0) is 27.5. The monoisotopic (exact) mass is 530 g/mol. The van der Waals surface area contributed by atoms with Gasteiger partial charge in [-0.2, -0.15) is 0 Å². The number of ether oxygens (including phenoxy) is 1. The van der Waals surface area contributed by atoms with Crippen molar-refractivity contribution in [1.29, 1.82) is 0 Å². The summed E-state index contributed by atoms with van der Waals surface area (Å²) in [6, 6.07) is 32.1. The number of carbonyl (C=O) groups is 1. The van der Waals surface area contributed by atoms with Crippen molar-refractivity contribution in [2.75, 3.05) is 6.61 Å². The number of aryl methyl sites for hydroxylation is 1. The highest BCUT2D eigenvalue weighted by Gasteiger charge is 2.51. The van der Waals surface area contributed by atoms with E-state index in [-0.39, 0.29) is 0 Å². The van der Waals surface area contributed by atoms with Gasteiger partial charge in [-0.3, -0.25) is 4.79 Å². The third-order valence-corrected chi connectivity index (χ3v) is 7.68. The fraction of sp³-hybridized carbons (Fsp3) is 0.206. The van der Waals surface area contributed by atoms with Crippen molar-refractivity contribution in [1.82, 2.24) is 10.1 Å². The first-order valence-corrected chi connectivity index (χ1v) is 13.5. The van der Waals surface area contributed by atoms with Gasteiger partial charge in [-0.1, -0.05) is 90.1 Å². The highest BCUT2D eigenvalue weighted by atomic mass is 16.5. The molecule has 0 spiro atoms. The van der Waals surface area contributed by atoms with E-state index < -0.39 is 11.4 Å². The predicted molar refractivity (Wildman–Crippen MR) is 153 cm³/mol. The number of aliphatic carboxylic acids is 1. The number of aromatic nitrogens is 2. The highest BCUT2D eigenvalue weighted by Crippen LogP contribution is 2.48. The van der Waals surface area contributed by atoms with E-state index in [1.807, 2.05) is 79.7 Å². The molecule has 0 atom stereocenters. The van der Waals surface area contributed by atoms with E-state index >= 15 is 0 Å². The van der Waals surface area contributed by atoms with Crippen molar-refractivity contribution >= 4 is 5.97 Å². The minimum atomic E-state index is -0.736. The summed E-state index contributed by atoms with van der Waals surface area (Å²) in [5.74, 6) is 0.601. The Morgan fingerprint density at radius 1 is 0.875 bits per heavy atom. The average Bonchev–Trinajstić information content (AvgIpc) is 3.73. The first-order valence-electron chi connectivity index (χ1n) is 13.5. The van der Waals surface area contributed by atoms with Crippen LogP contribution in [0.25, 0.3) is 22.5 Å². The fourth-order valence-electron chi connectivity index (χ4n) is 5.11. The molecule has 1 aliphatic carbocycles. The Kier molecular flexibility index (Phi) is 6.91. The Hall–Kier alpha value is -4.71. The molecule has 1 aliphatic rings. The zero-order valence-corrected chi connectivity index (χ0v) is 22.3. The lowest BCUT2D eigenvalue weighted by atomic mass is 9.93. The van der Waals surface area contributed by atoms with Crippen molar-refractivity contribution in [3.8, 4) is 28.3 Å². The molecular formula is C34H30N2O4. The zero-order valence-electron chi connectivity index (χ0n) is 22.3. The van der Waals surface area contributed by atoms with Crippen LogP contribution in [-0.2, 0) is 23.1 Å². The van der Waals surface area contributed by atoms with E-state index in [1.54, 1.807) is 0 Å². The van der Waals surface area contributed by atoms with Gasteiger partial charge in [-0.25, -0.2) is 4.98 Å². The number of hydrogen-bond acceptors (Lipinski definition) is 5. The molecule has 0 amide bonds. The largest absolute Gasteiger partial charge is 0.481 e. The SMILES string of the molecule is Cc1noc(-c2ccc(-c3ccc(C4(C(=O)O)CC4)cc3)cc2)c1Cc1cccc(OCCc2ccccc2)n1. The summed E-state index contributed by atoms with van der Waals surface area (Å²) in [6.07, 6.45) is 2.81. The van der Waals surface area contributed by atoms with Gasteiger partial charge < -0.3 is 14.4 Å². The van der Waals surface area contributed by atoms with Crippen molar-refractivity contribution in [3.63, 3.8) is 0 Å². The van der Waals surface area contributed by atoms with Crippen molar-refractivity contribution < 1.29 is 19.2 Å². The van der Waals surface area contributed by atoms with Gasteiger partial charge in [0.2, 0.25) is 5.88 Å². The number of carboxylic acid groups (broad SMARTS) is 1. The Morgan fingerprint density at radius 2 is 1.55 bits per heavy atom. The number of rotatable bonds is 10. The molecule has 0 bridgehead atoms. The van der Waals surface area contributed by atoms with Crippen molar-refractivity contribution in [2.45, 2.75) is 38.0 Å². The number of hydrogen-bond donors (Lipinski definition) is 1. The average molecular weight is 531 g/mol. The first-order chi connectivity index (χ1) is 19.5. The number of benzene rings is 3. The van der Waals surface area contributed by atoms with Crippen LogP contribution in [0.2, 0.25) is 0 Å².